The molecule has 1 aliphatic heterocycles. The quantitative estimate of drug-likeness (QED) is 0.902. The molecule has 0 bridgehead atoms. The highest BCUT2D eigenvalue weighted by Gasteiger charge is 2.31. The number of aryl methyl sites for hydroxylation is 1. The van der Waals surface area contributed by atoms with Gasteiger partial charge in [0.2, 0.25) is 0 Å². The summed E-state index contributed by atoms with van der Waals surface area (Å²) >= 11 is 1.70. The van der Waals surface area contributed by atoms with Gasteiger partial charge in [-0.2, -0.15) is 0 Å². The summed E-state index contributed by atoms with van der Waals surface area (Å²) in [7, 11) is -2.84. The topological polar surface area (TPSA) is 59.1 Å². The maximum Gasteiger partial charge on any atom is 0.151 e. The van der Waals surface area contributed by atoms with Crippen molar-refractivity contribution in [2.75, 3.05) is 11.5 Å². The Morgan fingerprint density at radius 1 is 1.38 bits per heavy atom. The lowest BCUT2D eigenvalue weighted by molar-refractivity contribution is 0.425. The van der Waals surface area contributed by atoms with E-state index in [1.807, 2.05) is 0 Å². The van der Waals surface area contributed by atoms with Crippen molar-refractivity contribution in [2.24, 2.45) is 0 Å². The molecule has 0 radical (unpaired) electrons. The smallest absolute Gasteiger partial charge is 0.151 e. The predicted molar refractivity (Wildman–Crippen MR) is 88.7 cm³/mol. The van der Waals surface area contributed by atoms with E-state index in [2.05, 4.69) is 33.0 Å². The van der Waals surface area contributed by atoms with Gasteiger partial charge in [0.1, 0.15) is 0 Å². The van der Waals surface area contributed by atoms with E-state index in [9.17, 15) is 8.42 Å². The van der Waals surface area contributed by atoms with E-state index >= 15 is 0 Å². The third kappa shape index (κ3) is 4.76. The van der Waals surface area contributed by atoms with Gasteiger partial charge < -0.3 is 5.32 Å². The van der Waals surface area contributed by atoms with Crippen molar-refractivity contribution in [1.82, 2.24) is 10.3 Å². The maximum atomic E-state index is 11.7. The van der Waals surface area contributed by atoms with E-state index in [-0.39, 0.29) is 17.2 Å². The van der Waals surface area contributed by atoms with Gasteiger partial charge in [-0.25, -0.2) is 13.4 Å². The molecular formula is C15H26N2O2S2. The zero-order valence-electron chi connectivity index (χ0n) is 13.4. The van der Waals surface area contributed by atoms with Crippen LogP contribution in [0.5, 0.6) is 0 Å². The normalized spacial score (nSPS) is 21.8. The average molecular weight is 331 g/mol. The molecule has 1 atom stereocenters. The van der Waals surface area contributed by atoms with Gasteiger partial charge in [0.05, 0.1) is 22.2 Å². The van der Waals surface area contributed by atoms with Crippen LogP contribution in [0, 0.1) is 0 Å². The monoisotopic (exact) mass is 330 g/mol. The van der Waals surface area contributed by atoms with Crippen LogP contribution in [0.15, 0.2) is 0 Å². The number of hydrogen-bond donors (Lipinski definition) is 1. The molecule has 6 heteroatoms. The number of rotatable bonds is 5. The summed E-state index contributed by atoms with van der Waals surface area (Å²) in [5.41, 5.74) is 1.23. The molecular weight excluding hydrogens is 304 g/mol. The van der Waals surface area contributed by atoms with Crippen molar-refractivity contribution in [3.63, 3.8) is 0 Å². The van der Waals surface area contributed by atoms with Gasteiger partial charge in [-0.05, 0) is 33.6 Å². The Hall–Kier alpha value is -0.460. The molecule has 1 aromatic heterocycles. The maximum absolute atomic E-state index is 11.7. The molecule has 2 heterocycles. The fourth-order valence-electron chi connectivity index (χ4n) is 2.48. The molecule has 0 spiro atoms. The summed E-state index contributed by atoms with van der Waals surface area (Å²) in [5, 5.41) is 4.53. The Kier molecular flexibility index (Phi) is 5.11. The van der Waals surface area contributed by atoms with Gasteiger partial charge in [0.15, 0.2) is 9.84 Å². The van der Waals surface area contributed by atoms with Crippen LogP contribution in [0.25, 0.3) is 0 Å². The first kappa shape index (κ1) is 16.9. The number of nitrogens with zero attached hydrogens (tertiary/aromatic N) is 1. The number of nitrogens with one attached hydrogen (secondary N) is 1. The molecule has 1 fully saturated rings. The predicted octanol–water partition coefficient (Wildman–Crippen LogP) is 2.89. The van der Waals surface area contributed by atoms with Crippen LogP contribution in [-0.2, 0) is 22.8 Å². The van der Waals surface area contributed by atoms with Crippen LogP contribution < -0.4 is 5.32 Å². The highest BCUT2D eigenvalue weighted by atomic mass is 32.2. The lowest BCUT2D eigenvalue weighted by Gasteiger charge is -2.20. The molecule has 0 aliphatic carbocycles. The molecule has 1 aliphatic rings. The molecule has 1 saturated heterocycles. The summed E-state index contributed by atoms with van der Waals surface area (Å²) < 4.78 is 23.3. The third-order valence-electron chi connectivity index (χ3n) is 3.64. The third-order valence-corrected chi connectivity index (χ3v) is 6.67. The molecule has 4 nitrogen and oxygen atoms in total. The zero-order valence-corrected chi connectivity index (χ0v) is 15.0. The SMILES string of the molecule is CCCc1nc(C2CCS(=O)(=O)C2)sc1CNC(C)(C)C. The molecule has 0 aromatic carbocycles. The van der Waals surface area contributed by atoms with E-state index in [0.29, 0.717) is 5.75 Å². The Labute approximate surface area is 132 Å². The van der Waals surface area contributed by atoms with E-state index < -0.39 is 9.84 Å². The lowest BCUT2D eigenvalue weighted by Crippen LogP contribution is -2.35. The number of sulfone groups is 1. The fourth-order valence-corrected chi connectivity index (χ4v) is 5.52. The van der Waals surface area contributed by atoms with Gasteiger partial charge >= 0.3 is 0 Å². The molecule has 1 N–H and O–H groups in total. The Bertz CT molecular complexity index is 585. The van der Waals surface area contributed by atoms with Gasteiger partial charge in [-0.15, -0.1) is 11.3 Å². The number of thiazole rings is 1. The summed E-state index contributed by atoms with van der Waals surface area (Å²) in [5.74, 6) is 0.702. The first-order valence-corrected chi connectivity index (χ1v) is 10.3. The van der Waals surface area contributed by atoms with Crippen molar-refractivity contribution < 1.29 is 8.42 Å². The van der Waals surface area contributed by atoms with E-state index in [0.717, 1.165) is 36.5 Å². The Balaban J connectivity index is 2.17. The summed E-state index contributed by atoms with van der Waals surface area (Å²) in [6.07, 6.45) is 2.76. The Morgan fingerprint density at radius 2 is 2.10 bits per heavy atom. The molecule has 0 saturated carbocycles. The standard InChI is InChI=1S/C15H26N2O2S2/c1-5-6-12-13(9-16-15(2,3)4)20-14(17-12)11-7-8-21(18,19)10-11/h11,16H,5-10H2,1-4H3. The molecule has 2 rings (SSSR count). The van der Waals surface area contributed by atoms with Crippen LogP contribution in [-0.4, -0.2) is 30.4 Å². The number of aromatic nitrogens is 1. The summed E-state index contributed by atoms with van der Waals surface area (Å²) in [6.45, 7) is 9.42. The summed E-state index contributed by atoms with van der Waals surface area (Å²) in [6, 6.07) is 0. The first-order chi connectivity index (χ1) is 9.70. The highest BCUT2D eigenvalue weighted by Crippen LogP contribution is 2.33. The minimum atomic E-state index is -2.84. The second kappa shape index (κ2) is 6.34. The highest BCUT2D eigenvalue weighted by molar-refractivity contribution is 7.91. The van der Waals surface area contributed by atoms with Crippen molar-refractivity contribution in [2.45, 2.75) is 65.0 Å². The van der Waals surface area contributed by atoms with Crippen molar-refractivity contribution >= 4 is 21.2 Å². The minimum absolute atomic E-state index is 0.0737. The van der Waals surface area contributed by atoms with Crippen molar-refractivity contribution in [3.05, 3.63) is 15.6 Å². The zero-order chi connectivity index (χ0) is 15.7. The fraction of sp³-hybridized carbons (Fsp3) is 0.800. The van der Waals surface area contributed by atoms with Gasteiger partial charge in [0.25, 0.3) is 0 Å². The molecule has 1 aromatic rings. The summed E-state index contributed by atoms with van der Waals surface area (Å²) in [4.78, 5) is 6.03. The first-order valence-electron chi connectivity index (χ1n) is 7.64. The van der Waals surface area contributed by atoms with Crippen LogP contribution >= 0.6 is 11.3 Å². The molecule has 21 heavy (non-hydrogen) atoms. The van der Waals surface area contributed by atoms with Crippen LogP contribution in [0.4, 0.5) is 0 Å². The van der Waals surface area contributed by atoms with Gasteiger partial charge in [0, 0.05) is 22.9 Å². The number of hydrogen-bond acceptors (Lipinski definition) is 5. The van der Waals surface area contributed by atoms with Crippen LogP contribution in [0.1, 0.15) is 62.0 Å². The van der Waals surface area contributed by atoms with Crippen molar-refractivity contribution in [3.8, 4) is 0 Å². The van der Waals surface area contributed by atoms with Crippen LogP contribution in [0.3, 0.4) is 0 Å². The largest absolute Gasteiger partial charge is 0.307 e. The average Bonchev–Trinajstić information content (AvgIpc) is 2.90. The van der Waals surface area contributed by atoms with Gasteiger partial charge in [-0.3, -0.25) is 0 Å². The van der Waals surface area contributed by atoms with Crippen LogP contribution in [0.2, 0.25) is 0 Å². The molecule has 1 unspecified atom stereocenters. The minimum Gasteiger partial charge on any atom is -0.307 e. The lowest BCUT2D eigenvalue weighted by atomic mass is 10.1. The van der Waals surface area contributed by atoms with E-state index in [1.54, 1.807) is 11.3 Å². The Morgan fingerprint density at radius 3 is 2.62 bits per heavy atom. The van der Waals surface area contributed by atoms with Crippen molar-refractivity contribution in [1.29, 1.82) is 0 Å². The van der Waals surface area contributed by atoms with E-state index in [1.165, 1.54) is 4.88 Å². The second-order valence-corrected chi connectivity index (χ2v) is 10.2. The van der Waals surface area contributed by atoms with Gasteiger partial charge in [-0.1, -0.05) is 13.3 Å². The van der Waals surface area contributed by atoms with E-state index in [4.69, 9.17) is 4.98 Å². The molecule has 0 amide bonds. The second-order valence-electron chi connectivity index (χ2n) is 6.88. The molecule has 120 valence electrons.